The van der Waals surface area contributed by atoms with Crippen LogP contribution in [0.4, 0.5) is 0 Å². The monoisotopic (exact) mass is 291 g/mol. The van der Waals surface area contributed by atoms with Gasteiger partial charge in [0.2, 0.25) is 0 Å². The number of nitrogens with one attached hydrogen (secondary N) is 1. The van der Waals surface area contributed by atoms with Gasteiger partial charge in [-0.15, -0.1) is 0 Å². The third-order valence-electron chi connectivity index (χ3n) is 3.36. The Balaban J connectivity index is 1.81. The first-order valence-corrected chi connectivity index (χ1v) is 7.63. The minimum atomic E-state index is 0.412. The maximum absolute atomic E-state index is 5.95. The molecule has 0 aliphatic heterocycles. The predicted molar refractivity (Wildman–Crippen MR) is 83.9 cm³/mol. The molecule has 1 unspecified atom stereocenters. The van der Waals surface area contributed by atoms with Crippen LogP contribution in [0.25, 0.3) is 0 Å². The van der Waals surface area contributed by atoms with E-state index in [9.17, 15) is 0 Å². The highest BCUT2D eigenvalue weighted by Gasteiger charge is 2.09. The summed E-state index contributed by atoms with van der Waals surface area (Å²) in [6, 6.07) is 10.5. The van der Waals surface area contributed by atoms with E-state index in [-0.39, 0.29) is 0 Å². The van der Waals surface area contributed by atoms with Crippen LogP contribution in [0.15, 0.2) is 42.7 Å². The molecule has 4 heteroatoms. The molecule has 1 heterocycles. The number of aryl methyl sites for hydroxylation is 1. The lowest BCUT2D eigenvalue weighted by molar-refractivity contribution is 0.464. The summed E-state index contributed by atoms with van der Waals surface area (Å²) in [6.07, 6.45) is 7.21. The number of rotatable bonds is 8. The quantitative estimate of drug-likeness (QED) is 0.743. The molecule has 3 nitrogen and oxygen atoms in total. The third kappa shape index (κ3) is 4.66. The summed E-state index contributed by atoms with van der Waals surface area (Å²) in [5.41, 5.74) is 1.32. The Kier molecular flexibility index (Phi) is 6.09. The van der Waals surface area contributed by atoms with Crippen molar-refractivity contribution in [1.82, 2.24) is 15.1 Å². The van der Waals surface area contributed by atoms with Gasteiger partial charge in [0.1, 0.15) is 0 Å². The second kappa shape index (κ2) is 8.08. The lowest BCUT2D eigenvalue weighted by Crippen LogP contribution is -2.23. The minimum absolute atomic E-state index is 0.412. The van der Waals surface area contributed by atoms with E-state index in [1.54, 1.807) is 0 Å². The van der Waals surface area contributed by atoms with E-state index in [4.69, 9.17) is 11.6 Å². The summed E-state index contributed by atoms with van der Waals surface area (Å²) in [6.45, 7) is 4.17. The molecule has 0 radical (unpaired) electrons. The highest BCUT2D eigenvalue weighted by molar-refractivity contribution is 6.30. The number of hydrogen-bond acceptors (Lipinski definition) is 2. The minimum Gasteiger partial charge on any atom is -0.310 e. The second-order valence-electron chi connectivity index (χ2n) is 4.97. The van der Waals surface area contributed by atoms with E-state index in [1.807, 2.05) is 35.3 Å². The maximum Gasteiger partial charge on any atom is 0.0489 e. The Morgan fingerprint density at radius 2 is 2.10 bits per heavy atom. The Morgan fingerprint density at radius 1 is 1.30 bits per heavy atom. The SMILES string of the molecule is CCCC(NCCCn1cccn1)c1ccc(Cl)cc1. The molecule has 2 rings (SSSR count). The number of nitrogens with zero attached hydrogens (tertiary/aromatic N) is 2. The molecule has 108 valence electrons. The summed E-state index contributed by atoms with van der Waals surface area (Å²) >= 11 is 5.95. The Bertz CT molecular complexity index is 479. The zero-order chi connectivity index (χ0) is 14.2. The molecule has 0 saturated heterocycles. The van der Waals surface area contributed by atoms with Crippen LogP contribution in [0.2, 0.25) is 5.02 Å². The fourth-order valence-corrected chi connectivity index (χ4v) is 2.45. The molecule has 1 N–H and O–H groups in total. The predicted octanol–water partition coefficient (Wildman–Crippen LogP) is 4.06. The van der Waals surface area contributed by atoms with Crippen molar-refractivity contribution in [3.63, 3.8) is 0 Å². The van der Waals surface area contributed by atoms with Gasteiger partial charge < -0.3 is 5.32 Å². The van der Waals surface area contributed by atoms with Crippen LogP contribution < -0.4 is 5.32 Å². The van der Waals surface area contributed by atoms with Crippen LogP contribution in [-0.2, 0) is 6.54 Å². The zero-order valence-corrected chi connectivity index (χ0v) is 12.7. The number of aromatic nitrogens is 2. The van der Waals surface area contributed by atoms with E-state index in [1.165, 1.54) is 12.0 Å². The Morgan fingerprint density at radius 3 is 2.75 bits per heavy atom. The molecule has 0 fully saturated rings. The van der Waals surface area contributed by atoms with Gasteiger partial charge in [-0.3, -0.25) is 4.68 Å². The summed E-state index contributed by atoms with van der Waals surface area (Å²) in [5, 5.41) is 8.64. The molecule has 1 aromatic carbocycles. The fraction of sp³-hybridized carbons (Fsp3) is 0.438. The molecule has 0 spiro atoms. The van der Waals surface area contributed by atoms with Crippen LogP contribution >= 0.6 is 11.6 Å². The molecule has 0 saturated carbocycles. The molecule has 2 aromatic rings. The van der Waals surface area contributed by atoms with Crippen molar-refractivity contribution in [2.75, 3.05) is 6.54 Å². The lowest BCUT2D eigenvalue weighted by atomic mass is 10.0. The van der Waals surface area contributed by atoms with Crippen LogP contribution in [0, 0.1) is 0 Å². The van der Waals surface area contributed by atoms with Crippen molar-refractivity contribution in [3.05, 3.63) is 53.3 Å². The smallest absolute Gasteiger partial charge is 0.0489 e. The van der Waals surface area contributed by atoms with E-state index in [0.29, 0.717) is 6.04 Å². The lowest BCUT2D eigenvalue weighted by Gasteiger charge is -2.18. The molecular weight excluding hydrogens is 270 g/mol. The van der Waals surface area contributed by atoms with Gasteiger partial charge in [0.25, 0.3) is 0 Å². The van der Waals surface area contributed by atoms with Gasteiger partial charge in [-0.2, -0.15) is 5.10 Å². The molecule has 0 amide bonds. The largest absolute Gasteiger partial charge is 0.310 e. The molecule has 0 bridgehead atoms. The average Bonchev–Trinajstić information content (AvgIpc) is 2.96. The number of hydrogen-bond donors (Lipinski definition) is 1. The third-order valence-corrected chi connectivity index (χ3v) is 3.62. The first-order chi connectivity index (χ1) is 9.79. The summed E-state index contributed by atoms with van der Waals surface area (Å²) in [4.78, 5) is 0. The fourth-order valence-electron chi connectivity index (χ4n) is 2.32. The van der Waals surface area contributed by atoms with Gasteiger partial charge in [0.05, 0.1) is 0 Å². The van der Waals surface area contributed by atoms with Crippen LogP contribution in [-0.4, -0.2) is 16.3 Å². The van der Waals surface area contributed by atoms with Crippen molar-refractivity contribution in [3.8, 4) is 0 Å². The topological polar surface area (TPSA) is 29.9 Å². The highest BCUT2D eigenvalue weighted by atomic mass is 35.5. The molecular formula is C16H22ClN3. The maximum atomic E-state index is 5.95. The van der Waals surface area contributed by atoms with E-state index >= 15 is 0 Å². The molecule has 0 aliphatic rings. The van der Waals surface area contributed by atoms with Crippen molar-refractivity contribution in [2.24, 2.45) is 0 Å². The van der Waals surface area contributed by atoms with Crippen LogP contribution in [0.3, 0.4) is 0 Å². The average molecular weight is 292 g/mol. The van der Waals surface area contributed by atoms with Crippen LogP contribution in [0.1, 0.15) is 37.8 Å². The number of benzene rings is 1. The van der Waals surface area contributed by atoms with E-state index in [0.717, 1.165) is 31.0 Å². The van der Waals surface area contributed by atoms with Crippen molar-refractivity contribution in [2.45, 2.75) is 38.8 Å². The van der Waals surface area contributed by atoms with Gasteiger partial charge in [-0.05, 0) is 43.1 Å². The van der Waals surface area contributed by atoms with Gasteiger partial charge >= 0.3 is 0 Å². The van der Waals surface area contributed by atoms with E-state index < -0.39 is 0 Å². The zero-order valence-electron chi connectivity index (χ0n) is 11.9. The Labute approximate surface area is 126 Å². The number of halogens is 1. The van der Waals surface area contributed by atoms with E-state index in [2.05, 4.69) is 29.5 Å². The van der Waals surface area contributed by atoms with Gasteiger partial charge in [-0.1, -0.05) is 37.1 Å². The Hall–Kier alpha value is -1.32. The summed E-state index contributed by atoms with van der Waals surface area (Å²) < 4.78 is 1.97. The first-order valence-electron chi connectivity index (χ1n) is 7.26. The molecule has 1 atom stereocenters. The normalized spacial score (nSPS) is 12.5. The molecule has 1 aromatic heterocycles. The van der Waals surface area contributed by atoms with Crippen LogP contribution in [0.5, 0.6) is 0 Å². The van der Waals surface area contributed by atoms with Crippen molar-refractivity contribution in [1.29, 1.82) is 0 Å². The van der Waals surface area contributed by atoms with Crippen molar-refractivity contribution < 1.29 is 0 Å². The second-order valence-corrected chi connectivity index (χ2v) is 5.41. The van der Waals surface area contributed by atoms with Gasteiger partial charge in [-0.25, -0.2) is 0 Å². The first kappa shape index (κ1) is 15.1. The van der Waals surface area contributed by atoms with Crippen molar-refractivity contribution >= 4 is 11.6 Å². The molecule has 20 heavy (non-hydrogen) atoms. The summed E-state index contributed by atoms with van der Waals surface area (Å²) in [5.74, 6) is 0. The standard InChI is InChI=1S/C16H22ClN3/c1-2-5-16(14-6-8-15(17)9-7-14)18-10-3-12-20-13-4-11-19-20/h4,6-9,11,13,16,18H,2-3,5,10,12H2,1H3. The highest BCUT2D eigenvalue weighted by Crippen LogP contribution is 2.20. The summed E-state index contributed by atoms with van der Waals surface area (Å²) in [7, 11) is 0. The van der Waals surface area contributed by atoms with Gasteiger partial charge in [0, 0.05) is 30.0 Å². The van der Waals surface area contributed by atoms with Gasteiger partial charge in [0.15, 0.2) is 0 Å². The molecule has 0 aliphatic carbocycles.